The Morgan fingerprint density at radius 3 is 1.97 bits per heavy atom. The van der Waals surface area contributed by atoms with Crippen LogP contribution in [0.15, 0.2) is 101 Å². The fourth-order valence-electron chi connectivity index (χ4n) is 4.05. The summed E-state index contributed by atoms with van der Waals surface area (Å²) < 4.78 is 6.34. The van der Waals surface area contributed by atoms with Gasteiger partial charge in [0.15, 0.2) is 11.6 Å². The molecule has 0 bridgehead atoms. The molecule has 152 valence electrons. The highest BCUT2D eigenvalue weighted by molar-refractivity contribution is 6.28. The predicted molar refractivity (Wildman–Crippen MR) is 128 cm³/mol. The second kappa shape index (κ2) is 7.59. The first-order valence-corrected chi connectivity index (χ1v) is 10.6. The Hall–Kier alpha value is -4.02. The molecule has 4 aromatic carbocycles. The van der Waals surface area contributed by atoms with Crippen molar-refractivity contribution >= 4 is 33.5 Å². The Morgan fingerprint density at radius 1 is 0.562 bits per heavy atom. The fraction of sp³-hybridized carbons (Fsp3) is 0. The van der Waals surface area contributed by atoms with Crippen LogP contribution in [0.25, 0.3) is 55.8 Å². The quantitative estimate of drug-likeness (QED) is 0.291. The maximum absolute atomic E-state index is 6.34. The summed E-state index contributed by atoms with van der Waals surface area (Å²) in [5.74, 6) is 1.00. The van der Waals surface area contributed by atoms with Crippen molar-refractivity contribution in [2.45, 2.75) is 0 Å². The average Bonchev–Trinajstić information content (AvgIpc) is 3.24. The molecule has 6 rings (SSSR count). The van der Waals surface area contributed by atoms with Crippen molar-refractivity contribution in [2.75, 3.05) is 0 Å². The van der Waals surface area contributed by atoms with Crippen molar-refractivity contribution in [3.63, 3.8) is 0 Å². The molecule has 0 fully saturated rings. The van der Waals surface area contributed by atoms with Gasteiger partial charge in [0, 0.05) is 16.3 Å². The van der Waals surface area contributed by atoms with Gasteiger partial charge in [0.1, 0.15) is 11.2 Å². The van der Waals surface area contributed by atoms with Crippen LogP contribution in [-0.4, -0.2) is 15.0 Å². The third kappa shape index (κ3) is 3.13. The van der Waals surface area contributed by atoms with Crippen molar-refractivity contribution in [1.82, 2.24) is 15.0 Å². The van der Waals surface area contributed by atoms with E-state index in [1.807, 2.05) is 72.8 Å². The molecule has 0 aliphatic rings. The summed E-state index contributed by atoms with van der Waals surface area (Å²) in [6.07, 6.45) is 0. The van der Waals surface area contributed by atoms with Crippen LogP contribution in [0.4, 0.5) is 0 Å². The summed E-state index contributed by atoms with van der Waals surface area (Å²) in [6.45, 7) is 0. The number of benzene rings is 4. The minimum Gasteiger partial charge on any atom is -0.455 e. The number of furan rings is 1. The molecule has 0 aliphatic heterocycles. The monoisotopic (exact) mass is 433 g/mol. The molecule has 4 nitrogen and oxygen atoms in total. The standard InChI is InChI=1S/C27H16ClN3O/c28-27-30-25(18-11-5-2-6-12-18)29-26(31-27)21-16-15-19(17-9-3-1-4-10-17)23-20-13-7-8-14-22(20)32-24(21)23/h1-16H. The molecule has 0 saturated carbocycles. The van der Waals surface area contributed by atoms with E-state index in [1.165, 1.54) is 0 Å². The molecule has 0 N–H and O–H groups in total. The molecular formula is C27H16ClN3O. The van der Waals surface area contributed by atoms with E-state index in [2.05, 4.69) is 34.2 Å². The molecule has 0 radical (unpaired) electrons. The van der Waals surface area contributed by atoms with E-state index in [9.17, 15) is 0 Å². The molecule has 0 amide bonds. The van der Waals surface area contributed by atoms with Crippen LogP contribution < -0.4 is 0 Å². The molecule has 0 unspecified atom stereocenters. The third-order valence-corrected chi connectivity index (χ3v) is 5.66. The van der Waals surface area contributed by atoms with E-state index < -0.39 is 0 Å². The Labute approximate surface area is 189 Å². The van der Waals surface area contributed by atoms with Gasteiger partial charge >= 0.3 is 0 Å². The largest absolute Gasteiger partial charge is 0.455 e. The van der Waals surface area contributed by atoms with E-state index in [-0.39, 0.29) is 5.28 Å². The number of para-hydroxylation sites is 1. The summed E-state index contributed by atoms with van der Waals surface area (Å²) in [6, 6.07) is 32.2. The number of hydrogen-bond donors (Lipinski definition) is 0. The average molecular weight is 434 g/mol. The Balaban J connectivity index is 1.65. The topological polar surface area (TPSA) is 51.8 Å². The smallest absolute Gasteiger partial charge is 0.226 e. The number of aromatic nitrogens is 3. The molecular weight excluding hydrogens is 418 g/mol. The molecule has 6 aromatic rings. The minimum absolute atomic E-state index is 0.144. The van der Waals surface area contributed by atoms with Gasteiger partial charge in [0.05, 0.1) is 5.56 Å². The zero-order chi connectivity index (χ0) is 21.5. The van der Waals surface area contributed by atoms with Gasteiger partial charge in [0.25, 0.3) is 0 Å². The van der Waals surface area contributed by atoms with Crippen molar-refractivity contribution in [3.8, 4) is 33.9 Å². The van der Waals surface area contributed by atoms with E-state index >= 15 is 0 Å². The van der Waals surface area contributed by atoms with Crippen molar-refractivity contribution < 1.29 is 4.42 Å². The highest BCUT2D eigenvalue weighted by atomic mass is 35.5. The molecule has 2 heterocycles. The van der Waals surface area contributed by atoms with Crippen LogP contribution in [0.2, 0.25) is 5.28 Å². The normalized spacial score (nSPS) is 11.3. The molecule has 0 spiro atoms. The molecule has 32 heavy (non-hydrogen) atoms. The summed E-state index contributed by atoms with van der Waals surface area (Å²) in [5.41, 5.74) is 5.41. The fourth-order valence-corrected chi connectivity index (χ4v) is 4.21. The first-order chi connectivity index (χ1) is 15.8. The molecule has 2 aromatic heterocycles. The van der Waals surface area contributed by atoms with Crippen LogP contribution in [0, 0.1) is 0 Å². The second-order valence-corrected chi connectivity index (χ2v) is 7.78. The third-order valence-electron chi connectivity index (χ3n) is 5.49. The number of nitrogens with zero attached hydrogens (tertiary/aromatic N) is 3. The lowest BCUT2D eigenvalue weighted by atomic mass is 9.97. The Bertz CT molecular complexity index is 1580. The van der Waals surface area contributed by atoms with Gasteiger partial charge in [0.2, 0.25) is 5.28 Å². The van der Waals surface area contributed by atoms with Crippen molar-refractivity contribution in [3.05, 3.63) is 102 Å². The zero-order valence-electron chi connectivity index (χ0n) is 16.9. The predicted octanol–water partition coefficient (Wildman–Crippen LogP) is 7.43. The lowest BCUT2D eigenvalue weighted by Crippen LogP contribution is -1.97. The number of hydrogen-bond acceptors (Lipinski definition) is 4. The summed E-state index contributed by atoms with van der Waals surface area (Å²) in [7, 11) is 0. The van der Waals surface area contributed by atoms with Crippen LogP contribution >= 0.6 is 11.6 Å². The van der Waals surface area contributed by atoms with E-state index in [0.717, 1.165) is 44.2 Å². The van der Waals surface area contributed by atoms with Crippen molar-refractivity contribution in [1.29, 1.82) is 0 Å². The van der Waals surface area contributed by atoms with Crippen LogP contribution in [0.1, 0.15) is 0 Å². The second-order valence-electron chi connectivity index (χ2n) is 7.45. The van der Waals surface area contributed by atoms with Gasteiger partial charge in [-0.15, -0.1) is 0 Å². The summed E-state index contributed by atoms with van der Waals surface area (Å²) >= 11 is 6.31. The molecule has 0 atom stereocenters. The van der Waals surface area contributed by atoms with Crippen molar-refractivity contribution in [2.24, 2.45) is 0 Å². The first-order valence-electron chi connectivity index (χ1n) is 10.2. The SMILES string of the molecule is Clc1nc(-c2ccccc2)nc(-c2ccc(-c3ccccc3)c3c2oc2ccccc23)n1. The Morgan fingerprint density at radius 2 is 1.19 bits per heavy atom. The zero-order valence-corrected chi connectivity index (χ0v) is 17.6. The van der Waals surface area contributed by atoms with Gasteiger partial charge in [-0.2, -0.15) is 9.97 Å². The number of rotatable bonds is 3. The minimum atomic E-state index is 0.144. The van der Waals surface area contributed by atoms with Gasteiger partial charge < -0.3 is 4.42 Å². The van der Waals surface area contributed by atoms with Crippen LogP contribution in [0.3, 0.4) is 0 Å². The Kier molecular flexibility index (Phi) is 4.44. The lowest BCUT2D eigenvalue weighted by Gasteiger charge is -2.08. The summed E-state index contributed by atoms with van der Waals surface area (Å²) in [5, 5.41) is 2.22. The van der Waals surface area contributed by atoms with Gasteiger partial charge in [-0.1, -0.05) is 84.9 Å². The van der Waals surface area contributed by atoms with E-state index in [1.54, 1.807) is 0 Å². The molecule has 5 heteroatoms. The van der Waals surface area contributed by atoms with Gasteiger partial charge in [-0.3, -0.25) is 0 Å². The highest BCUT2D eigenvalue weighted by Gasteiger charge is 2.19. The maximum Gasteiger partial charge on any atom is 0.226 e. The first kappa shape index (κ1) is 18.7. The highest BCUT2D eigenvalue weighted by Crippen LogP contribution is 2.41. The number of fused-ring (bicyclic) bond motifs is 3. The van der Waals surface area contributed by atoms with E-state index in [4.69, 9.17) is 21.0 Å². The maximum atomic E-state index is 6.34. The van der Waals surface area contributed by atoms with Crippen LogP contribution in [0.5, 0.6) is 0 Å². The summed E-state index contributed by atoms with van der Waals surface area (Å²) in [4.78, 5) is 13.5. The molecule has 0 saturated heterocycles. The van der Waals surface area contributed by atoms with Gasteiger partial charge in [-0.25, -0.2) is 4.98 Å². The lowest BCUT2D eigenvalue weighted by molar-refractivity contribution is 0.669. The van der Waals surface area contributed by atoms with Crippen LogP contribution in [-0.2, 0) is 0 Å². The van der Waals surface area contributed by atoms with Gasteiger partial charge in [-0.05, 0) is 34.9 Å². The van der Waals surface area contributed by atoms with E-state index in [0.29, 0.717) is 11.6 Å². The number of halogens is 1. The molecule has 0 aliphatic carbocycles.